The zero-order chi connectivity index (χ0) is 32.0. The molecule has 4 rings (SSSR count). The number of nitrogens with two attached hydrogens (primary N) is 1. The van der Waals surface area contributed by atoms with E-state index in [-0.39, 0.29) is 17.9 Å². The van der Waals surface area contributed by atoms with E-state index in [0.717, 1.165) is 21.2 Å². The summed E-state index contributed by atoms with van der Waals surface area (Å²) in [6.07, 6.45) is -0.332. The van der Waals surface area contributed by atoms with Gasteiger partial charge < -0.3 is 20.9 Å². The molecule has 3 amide bonds. The largest absolute Gasteiger partial charge is 0.368 e. The van der Waals surface area contributed by atoms with Crippen LogP contribution in [0.15, 0.2) is 87.9 Å². The van der Waals surface area contributed by atoms with E-state index in [4.69, 9.17) is 21.9 Å². The third kappa shape index (κ3) is 8.74. The first-order chi connectivity index (χ1) is 20.8. The normalized spacial score (nSPS) is 13.5. The van der Waals surface area contributed by atoms with E-state index in [1.165, 1.54) is 13.8 Å². The SMILES string of the molecule is C[C@H](NC(=O)[C@H](C)NC(=O)[C@H](Cc1cc(-c2ccc(-c3cccc(Cl)c3)cc2)no1)C[P+](O)(O)c1ccc(Br)cc1)C(N)=O. The van der Waals surface area contributed by atoms with Crippen molar-refractivity contribution < 1.29 is 28.7 Å². The summed E-state index contributed by atoms with van der Waals surface area (Å²) in [4.78, 5) is 59.5. The average Bonchev–Trinajstić information content (AvgIpc) is 3.45. The number of nitrogens with zero attached hydrogens (tertiary/aromatic N) is 1. The van der Waals surface area contributed by atoms with Gasteiger partial charge in [0.1, 0.15) is 29.7 Å². The summed E-state index contributed by atoms with van der Waals surface area (Å²) in [5.41, 5.74) is 8.47. The summed E-state index contributed by atoms with van der Waals surface area (Å²) in [6.45, 7) is 2.88. The third-order valence-electron chi connectivity index (χ3n) is 6.97. The molecule has 0 saturated heterocycles. The second-order valence-electron chi connectivity index (χ2n) is 10.4. The molecular weight excluding hydrogens is 671 g/mol. The van der Waals surface area contributed by atoms with Crippen molar-refractivity contribution in [1.82, 2.24) is 15.8 Å². The van der Waals surface area contributed by atoms with Gasteiger partial charge in [0, 0.05) is 27.5 Å². The lowest BCUT2D eigenvalue weighted by atomic mass is 10.0. The first kappa shape index (κ1) is 33.3. The molecule has 1 heterocycles. The Morgan fingerprint density at radius 2 is 1.55 bits per heavy atom. The second-order valence-corrected chi connectivity index (χ2v) is 14.1. The Labute approximate surface area is 268 Å². The topological polar surface area (TPSA) is 168 Å². The van der Waals surface area contributed by atoms with Crippen LogP contribution in [0.4, 0.5) is 0 Å². The van der Waals surface area contributed by atoms with Crippen molar-refractivity contribution in [3.63, 3.8) is 0 Å². The molecule has 6 N–H and O–H groups in total. The molecule has 4 aromatic rings. The standard InChI is InChI=1S/C31H31BrClN4O6P/c1-18(29(34)38)35-30(39)19(2)36-31(40)23(17-44(41,42)27-12-10-24(32)11-13-27)15-26-16-28(37-43-26)21-8-6-20(7-9-21)22-4-3-5-25(33)14-22/h3-14,16,18-19,23,41-42H,15,17H2,1-2H3,(H3-,34,35,36,38,39,40)/p+1/t18-,19-,23+/m0/s1. The highest BCUT2D eigenvalue weighted by Crippen LogP contribution is 2.50. The molecule has 0 aliphatic rings. The Morgan fingerprint density at radius 1 is 0.909 bits per heavy atom. The molecule has 0 spiro atoms. The minimum atomic E-state index is -3.77. The van der Waals surface area contributed by atoms with Gasteiger partial charge in [0.2, 0.25) is 17.7 Å². The molecule has 0 saturated carbocycles. The summed E-state index contributed by atoms with van der Waals surface area (Å²) < 4.78 is 6.32. The number of carbonyl (C=O) groups is 3. The number of rotatable bonds is 12. The van der Waals surface area contributed by atoms with E-state index in [2.05, 4.69) is 31.7 Å². The fourth-order valence-corrected chi connectivity index (χ4v) is 6.63. The summed E-state index contributed by atoms with van der Waals surface area (Å²) in [6, 6.07) is 21.4. The highest BCUT2D eigenvalue weighted by atomic mass is 79.9. The number of amides is 3. The van der Waals surface area contributed by atoms with Crippen molar-refractivity contribution >= 4 is 58.3 Å². The average molecular weight is 703 g/mol. The molecule has 3 aromatic carbocycles. The van der Waals surface area contributed by atoms with Gasteiger partial charge in [0.25, 0.3) is 0 Å². The maximum absolute atomic E-state index is 13.5. The molecule has 10 nitrogen and oxygen atoms in total. The van der Waals surface area contributed by atoms with Crippen molar-refractivity contribution in [1.29, 1.82) is 0 Å². The van der Waals surface area contributed by atoms with Gasteiger partial charge in [-0.1, -0.05) is 69.1 Å². The Balaban J connectivity index is 1.53. The summed E-state index contributed by atoms with van der Waals surface area (Å²) in [7, 11) is -3.77. The van der Waals surface area contributed by atoms with Crippen LogP contribution in [0.1, 0.15) is 19.6 Å². The van der Waals surface area contributed by atoms with Crippen LogP contribution in [-0.4, -0.2) is 50.9 Å². The molecule has 13 heteroatoms. The Hall–Kier alpha value is -3.60. The van der Waals surface area contributed by atoms with Crippen LogP contribution >= 0.6 is 35.2 Å². The Kier molecular flexibility index (Phi) is 10.9. The van der Waals surface area contributed by atoms with Crippen molar-refractivity contribution in [3.05, 3.63) is 94.1 Å². The molecule has 0 radical (unpaired) electrons. The maximum atomic E-state index is 13.5. The molecular formula is C31H32BrClN4O6P+. The molecule has 0 aliphatic carbocycles. The number of primary amides is 1. The number of halogens is 2. The maximum Gasteiger partial charge on any atom is 0.300 e. The fraction of sp³-hybridized carbons (Fsp3) is 0.226. The molecule has 0 bridgehead atoms. The van der Waals surface area contributed by atoms with E-state index in [1.807, 2.05) is 48.5 Å². The smallest absolute Gasteiger partial charge is 0.300 e. The Bertz CT molecular complexity index is 1630. The van der Waals surface area contributed by atoms with Crippen LogP contribution in [0.25, 0.3) is 22.4 Å². The first-order valence-corrected chi connectivity index (χ1v) is 16.7. The lowest BCUT2D eigenvalue weighted by Gasteiger charge is -2.22. The highest BCUT2D eigenvalue weighted by Gasteiger charge is 2.43. The van der Waals surface area contributed by atoms with Gasteiger partial charge in [-0.3, -0.25) is 14.4 Å². The minimum Gasteiger partial charge on any atom is -0.368 e. The number of nitrogens with one attached hydrogen (secondary N) is 2. The molecule has 1 aromatic heterocycles. The summed E-state index contributed by atoms with van der Waals surface area (Å²) in [5.74, 6) is -2.60. The van der Waals surface area contributed by atoms with Crippen LogP contribution in [0.3, 0.4) is 0 Å². The monoisotopic (exact) mass is 701 g/mol. The van der Waals surface area contributed by atoms with Crippen molar-refractivity contribution in [3.8, 4) is 22.4 Å². The van der Waals surface area contributed by atoms with Crippen molar-refractivity contribution in [2.24, 2.45) is 11.7 Å². The lowest BCUT2D eigenvalue weighted by molar-refractivity contribution is -0.132. The first-order valence-electron chi connectivity index (χ1n) is 13.6. The van der Waals surface area contributed by atoms with Gasteiger partial charge in [-0.2, -0.15) is 0 Å². The van der Waals surface area contributed by atoms with E-state index in [9.17, 15) is 24.2 Å². The van der Waals surface area contributed by atoms with Gasteiger partial charge in [0.15, 0.2) is 5.30 Å². The lowest BCUT2D eigenvalue weighted by Crippen LogP contribution is -2.52. The van der Waals surface area contributed by atoms with Crippen molar-refractivity contribution in [2.45, 2.75) is 32.4 Å². The summed E-state index contributed by atoms with van der Waals surface area (Å²) in [5, 5.41) is 10.1. The molecule has 230 valence electrons. The van der Waals surface area contributed by atoms with E-state index >= 15 is 0 Å². The van der Waals surface area contributed by atoms with Gasteiger partial charge in [-0.25, -0.2) is 9.79 Å². The van der Waals surface area contributed by atoms with Gasteiger partial charge in [0.05, 0.1) is 5.92 Å². The highest BCUT2D eigenvalue weighted by molar-refractivity contribution is 9.10. The van der Waals surface area contributed by atoms with Crippen molar-refractivity contribution in [2.75, 3.05) is 6.16 Å². The number of benzene rings is 3. The predicted molar refractivity (Wildman–Crippen MR) is 174 cm³/mol. The molecule has 0 fully saturated rings. The molecule has 3 atom stereocenters. The number of carbonyl (C=O) groups excluding carboxylic acids is 3. The number of hydrogen-bond donors (Lipinski definition) is 5. The molecule has 44 heavy (non-hydrogen) atoms. The van der Waals surface area contributed by atoms with Crippen LogP contribution in [0.2, 0.25) is 5.02 Å². The van der Waals surface area contributed by atoms with Crippen LogP contribution < -0.4 is 21.7 Å². The van der Waals surface area contributed by atoms with Gasteiger partial charge >= 0.3 is 7.72 Å². The molecule has 0 aliphatic heterocycles. The predicted octanol–water partition coefficient (Wildman–Crippen LogP) is 4.24. The summed E-state index contributed by atoms with van der Waals surface area (Å²) >= 11 is 9.46. The van der Waals surface area contributed by atoms with Gasteiger partial charge in [-0.15, -0.1) is 0 Å². The quantitative estimate of drug-likeness (QED) is 0.138. The van der Waals surface area contributed by atoms with E-state index < -0.39 is 43.4 Å². The second kappa shape index (κ2) is 14.5. The molecule has 0 unspecified atom stereocenters. The fourth-order valence-electron chi connectivity index (χ4n) is 4.43. The zero-order valence-corrected chi connectivity index (χ0v) is 27.1. The van der Waals surface area contributed by atoms with Crippen LogP contribution in [0.5, 0.6) is 0 Å². The number of hydrogen-bond acceptors (Lipinski definition) is 7. The van der Waals surface area contributed by atoms with E-state index in [0.29, 0.717) is 16.5 Å². The third-order valence-corrected chi connectivity index (χ3v) is 9.81. The zero-order valence-electron chi connectivity index (χ0n) is 23.9. The number of aromatic nitrogens is 1. The van der Waals surface area contributed by atoms with E-state index in [1.54, 1.807) is 30.3 Å². The van der Waals surface area contributed by atoms with Crippen LogP contribution in [-0.2, 0) is 20.8 Å². The minimum absolute atomic E-state index is 0.0230. The Morgan fingerprint density at radius 3 is 2.18 bits per heavy atom. The van der Waals surface area contributed by atoms with Gasteiger partial charge in [-0.05, 0) is 61.4 Å². The van der Waals surface area contributed by atoms with Crippen LogP contribution in [0, 0.1) is 5.92 Å².